The molecule has 2 saturated heterocycles. The molecule has 15 heavy (non-hydrogen) atoms. The summed E-state index contributed by atoms with van der Waals surface area (Å²) in [6.07, 6.45) is 1.72. The van der Waals surface area contributed by atoms with Gasteiger partial charge in [0.25, 0.3) is 0 Å². The second-order valence-corrected chi connectivity index (χ2v) is 4.64. The van der Waals surface area contributed by atoms with Crippen molar-refractivity contribution in [1.29, 1.82) is 0 Å². The summed E-state index contributed by atoms with van der Waals surface area (Å²) < 4.78 is 11.0. The van der Waals surface area contributed by atoms with E-state index in [1.165, 1.54) is 0 Å². The zero-order chi connectivity index (χ0) is 10.7. The third kappa shape index (κ3) is 2.91. The van der Waals surface area contributed by atoms with Crippen molar-refractivity contribution in [3.8, 4) is 0 Å². The lowest BCUT2D eigenvalue weighted by atomic mass is 9.92. The fourth-order valence-electron chi connectivity index (χ4n) is 2.36. The van der Waals surface area contributed by atoms with Gasteiger partial charge in [-0.1, -0.05) is 0 Å². The quantitative estimate of drug-likeness (QED) is 0.709. The lowest BCUT2D eigenvalue weighted by Crippen LogP contribution is -2.49. The molecule has 0 spiro atoms. The molecule has 4 heteroatoms. The molecular formula is C11H21NO3. The molecule has 0 amide bonds. The van der Waals surface area contributed by atoms with Crippen molar-refractivity contribution in [2.24, 2.45) is 5.92 Å². The van der Waals surface area contributed by atoms with Crippen LogP contribution in [0.25, 0.3) is 0 Å². The van der Waals surface area contributed by atoms with Crippen molar-refractivity contribution in [1.82, 2.24) is 4.90 Å². The number of morpholine rings is 1. The van der Waals surface area contributed by atoms with Crippen LogP contribution in [0.2, 0.25) is 0 Å². The maximum Gasteiger partial charge on any atom is 0.0964 e. The molecule has 0 bridgehead atoms. The van der Waals surface area contributed by atoms with E-state index in [1.807, 2.05) is 0 Å². The minimum absolute atomic E-state index is 0.0320. The van der Waals surface area contributed by atoms with E-state index in [9.17, 15) is 5.11 Å². The molecule has 2 fully saturated rings. The molecule has 0 radical (unpaired) electrons. The largest absolute Gasteiger partial charge is 0.390 e. The van der Waals surface area contributed by atoms with E-state index in [-0.39, 0.29) is 18.1 Å². The Morgan fingerprint density at radius 2 is 2.27 bits per heavy atom. The average molecular weight is 215 g/mol. The average Bonchev–Trinajstić information content (AvgIpc) is 2.29. The zero-order valence-corrected chi connectivity index (χ0v) is 9.39. The molecule has 0 aromatic carbocycles. The van der Waals surface area contributed by atoms with Gasteiger partial charge in [-0.2, -0.15) is 0 Å². The van der Waals surface area contributed by atoms with E-state index >= 15 is 0 Å². The predicted molar refractivity (Wildman–Crippen MR) is 56.8 cm³/mol. The highest BCUT2D eigenvalue weighted by atomic mass is 16.5. The fourth-order valence-corrected chi connectivity index (χ4v) is 2.36. The Bertz CT molecular complexity index is 194. The first kappa shape index (κ1) is 11.3. The maximum atomic E-state index is 10.2. The van der Waals surface area contributed by atoms with Gasteiger partial charge in [0.2, 0.25) is 0 Å². The third-order valence-electron chi connectivity index (χ3n) is 3.36. The van der Waals surface area contributed by atoms with Gasteiger partial charge in [-0.15, -0.1) is 0 Å². The van der Waals surface area contributed by atoms with Crippen molar-refractivity contribution in [2.45, 2.75) is 25.0 Å². The van der Waals surface area contributed by atoms with Crippen molar-refractivity contribution < 1.29 is 14.6 Å². The Kier molecular flexibility index (Phi) is 3.97. The molecule has 0 aromatic rings. The smallest absolute Gasteiger partial charge is 0.0964 e. The van der Waals surface area contributed by atoms with Crippen LogP contribution in [0.1, 0.15) is 12.8 Å². The number of hydrogen-bond donors (Lipinski definition) is 1. The van der Waals surface area contributed by atoms with Crippen LogP contribution < -0.4 is 0 Å². The van der Waals surface area contributed by atoms with Crippen LogP contribution in [0, 0.1) is 5.92 Å². The molecule has 3 unspecified atom stereocenters. The predicted octanol–water partition coefficient (Wildman–Crippen LogP) is 0.104. The van der Waals surface area contributed by atoms with Gasteiger partial charge in [-0.05, 0) is 19.9 Å². The van der Waals surface area contributed by atoms with Gasteiger partial charge in [0.1, 0.15) is 0 Å². The molecule has 4 nitrogen and oxygen atoms in total. The summed E-state index contributed by atoms with van der Waals surface area (Å²) in [4.78, 5) is 2.21. The molecule has 2 aliphatic heterocycles. The summed E-state index contributed by atoms with van der Waals surface area (Å²) >= 11 is 0. The number of likely N-dealkylation sites (N-methyl/N-ethyl adjacent to an activating group) is 1. The lowest BCUT2D eigenvalue weighted by molar-refractivity contribution is -0.119. The normalized spacial score (nSPS) is 36.4. The summed E-state index contributed by atoms with van der Waals surface area (Å²) in [6.45, 7) is 4.05. The molecule has 3 atom stereocenters. The van der Waals surface area contributed by atoms with Gasteiger partial charge in [-0.3, -0.25) is 0 Å². The fraction of sp³-hybridized carbons (Fsp3) is 1.00. The van der Waals surface area contributed by atoms with Gasteiger partial charge in [0.15, 0.2) is 0 Å². The Labute approximate surface area is 91.2 Å². The van der Waals surface area contributed by atoms with E-state index < -0.39 is 0 Å². The Morgan fingerprint density at radius 1 is 1.40 bits per heavy atom. The van der Waals surface area contributed by atoms with E-state index in [0.717, 1.165) is 39.1 Å². The molecular weight excluding hydrogens is 194 g/mol. The van der Waals surface area contributed by atoms with Gasteiger partial charge in [0, 0.05) is 25.6 Å². The molecule has 0 aliphatic carbocycles. The van der Waals surface area contributed by atoms with Crippen LogP contribution in [0.15, 0.2) is 0 Å². The van der Waals surface area contributed by atoms with Crippen molar-refractivity contribution in [2.75, 3.05) is 40.0 Å². The van der Waals surface area contributed by atoms with Gasteiger partial charge >= 0.3 is 0 Å². The summed E-state index contributed by atoms with van der Waals surface area (Å²) in [5.74, 6) is 0.259. The highest BCUT2D eigenvalue weighted by Gasteiger charge is 2.32. The standard InChI is InChI=1S/C11H21NO3/c1-12-4-6-15-10(7-12)11(13)9-3-2-5-14-8-9/h9-11,13H,2-8H2,1H3. The Balaban J connectivity index is 1.85. The number of nitrogens with zero attached hydrogens (tertiary/aromatic N) is 1. The highest BCUT2D eigenvalue weighted by molar-refractivity contribution is 4.82. The molecule has 2 heterocycles. The first-order chi connectivity index (χ1) is 7.27. The van der Waals surface area contributed by atoms with Crippen LogP contribution in [0.3, 0.4) is 0 Å². The third-order valence-corrected chi connectivity index (χ3v) is 3.36. The molecule has 1 N–H and O–H groups in total. The molecule has 2 rings (SSSR count). The minimum Gasteiger partial charge on any atom is -0.390 e. The van der Waals surface area contributed by atoms with Crippen molar-refractivity contribution in [3.63, 3.8) is 0 Å². The first-order valence-corrected chi connectivity index (χ1v) is 5.83. The number of aliphatic hydroxyl groups is 1. The van der Waals surface area contributed by atoms with Crippen molar-refractivity contribution in [3.05, 3.63) is 0 Å². The molecule has 2 aliphatic rings. The van der Waals surface area contributed by atoms with Gasteiger partial charge in [0.05, 0.1) is 25.4 Å². The zero-order valence-electron chi connectivity index (χ0n) is 9.39. The molecule has 0 aromatic heterocycles. The Morgan fingerprint density at radius 3 is 2.93 bits per heavy atom. The van der Waals surface area contributed by atoms with E-state index in [4.69, 9.17) is 9.47 Å². The molecule has 88 valence electrons. The summed E-state index contributed by atoms with van der Waals surface area (Å²) in [5, 5.41) is 10.2. The number of ether oxygens (including phenoxy) is 2. The molecule has 0 saturated carbocycles. The number of aliphatic hydroxyl groups excluding tert-OH is 1. The monoisotopic (exact) mass is 215 g/mol. The van der Waals surface area contributed by atoms with Crippen LogP contribution in [0.5, 0.6) is 0 Å². The van der Waals surface area contributed by atoms with Crippen LogP contribution in [-0.4, -0.2) is 62.2 Å². The van der Waals surface area contributed by atoms with E-state index in [1.54, 1.807) is 0 Å². The summed E-state index contributed by atoms with van der Waals surface area (Å²) in [5.41, 5.74) is 0. The van der Waals surface area contributed by atoms with Crippen LogP contribution in [0.4, 0.5) is 0 Å². The van der Waals surface area contributed by atoms with Gasteiger partial charge in [-0.25, -0.2) is 0 Å². The van der Waals surface area contributed by atoms with Crippen LogP contribution >= 0.6 is 0 Å². The topological polar surface area (TPSA) is 41.9 Å². The first-order valence-electron chi connectivity index (χ1n) is 5.83. The maximum absolute atomic E-state index is 10.2. The lowest BCUT2D eigenvalue weighted by Gasteiger charge is -2.37. The van der Waals surface area contributed by atoms with Crippen LogP contribution in [-0.2, 0) is 9.47 Å². The number of hydrogen-bond acceptors (Lipinski definition) is 4. The number of rotatable bonds is 2. The minimum atomic E-state index is -0.368. The summed E-state index contributed by atoms with van der Waals surface area (Å²) in [7, 11) is 2.07. The SMILES string of the molecule is CN1CCOC(C(O)C2CCCOC2)C1. The second-order valence-electron chi connectivity index (χ2n) is 4.64. The Hall–Kier alpha value is -0.160. The second kappa shape index (κ2) is 5.25. The van der Waals surface area contributed by atoms with Crippen molar-refractivity contribution >= 4 is 0 Å². The highest BCUT2D eigenvalue weighted by Crippen LogP contribution is 2.22. The van der Waals surface area contributed by atoms with Gasteiger partial charge < -0.3 is 19.5 Å². The van der Waals surface area contributed by atoms with E-state index in [2.05, 4.69) is 11.9 Å². The van der Waals surface area contributed by atoms with E-state index in [0.29, 0.717) is 6.61 Å². The summed E-state index contributed by atoms with van der Waals surface area (Å²) in [6, 6.07) is 0.